The molecule has 0 aromatic heterocycles. The Kier molecular flexibility index (Phi) is 6.36. The minimum atomic E-state index is -0.536. The van der Waals surface area contributed by atoms with Crippen molar-refractivity contribution in [1.82, 2.24) is 5.32 Å². The molecule has 3 aliphatic carbocycles. The Morgan fingerprint density at radius 3 is 2.60 bits per heavy atom. The molecule has 2 N–H and O–H groups in total. The van der Waals surface area contributed by atoms with Crippen LogP contribution in [0.1, 0.15) is 80.1 Å². The summed E-state index contributed by atoms with van der Waals surface area (Å²) in [6.07, 6.45) is 9.46. The van der Waals surface area contributed by atoms with Crippen molar-refractivity contribution < 1.29 is 14.7 Å². The van der Waals surface area contributed by atoms with Crippen molar-refractivity contribution in [2.75, 3.05) is 6.54 Å². The summed E-state index contributed by atoms with van der Waals surface area (Å²) in [7, 11) is 0. The predicted molar refractivity (Wildman–Crippen MR) is 121 cm³/mol. The summed E-state index contributed by atoms with van der Waals surface area (Å²) in [4.78, 5) is 25.3. The lowest BCUT2D eigenvalue weighted by atomic mass is 9.46. The van der Waals surface area contributed by atoms with Crippen molar-refractivity contribution in [1.29, 1.82) is 0 Å². The molecule has 0 amide bonds. The molecular weight excluding hydrogens is 374 g/mol. The molecule has 0 aromatic rings. The molecule has 1 fully saturated rings. The number of nitrogens with one attached hydrogen (secondary N) is 1. The van der Waals surface area contributed by atoms with Crippen molar-refractivity contribution in [3.05, 3.63) is 34.8 Å². The average Bonchev–Trinajstić information content (AvgIpc) is 2.68. The van der Waals surface area contributed by atoms with E-state index in [1.807, 2.05) is 0 Å². The van der Waals surface area contributed by atoms with Crippen molar-refractivity contribution in [3.63, 3.8) is 0 Å². The number of carbonyl (C=O) groups is 2. The number of fused-ring (bicyclic) bond motifs is 1. The molecular formula is C26H39NO3. The fourth-order valence-electron chi connectivity index (χ4n) is 6.07. The number of aliphatic hydroxyl groups is 1. The van der Waals surface area contributed by atoms with Gasteiger partial charge < -0.3 is 10.4 Å². The van der Waals surface area contributed by atoms with Crippen LogP contribution in [0.4, 0.5) is 0 Å². The Bertz CT molecular complexity index is 818. The van der Waals surface area contributed by atoms with Gasteiger partial charge in [0, 0.05) is 18.2 Å². The van der Waals surface area contributed by atoms with E-state index in [4.69, 9.17) is 0 Å². The molecule has 166 valence electrons. The number of ketones is 2. The molecule has 3 rings (SSSR count). The van der Waals surface area contributed by atoms with Crippen LogP contribution in [-0.2, 0) is 9.59 Å². The Hall–Kier alpha value is -1.84. The Morgan fingerprint density at radius 2 is 1.93 bits per heavy atom. The summed E-state index contributed by atoms with van der Waals surface area (Å²) in [5.41, 5.74) is 2.16. The maximum Gasteiger partial charge on any atom is 0.232 e. The van der Waals surface area contributed by atoms with Gasteiger partial charge in [-0.2, -0.15) is 0 Å². The highest BCUT2D eigenvalue weighted by Gasteiger charge is 2.54. The SMILES string of the molecule is CC1=CCC[C@H]2[C@](C)(CC3=C(O)C(NCCC(C)C)=CC(=O)C3=O)[C@@H](C)CC[C@]12C. The third-order valence-corrected chi connectivity index (χ3v) is 8.50. The summed E-state index contributed by atoms with van der Waals surface area (Å²) in [5, 5.41) is 14.2. The number of hydrogen-bond acceptors (Lipinski definition) is 4. The molecule has 0 heterocycles. The van der Waals surface area contributed by atoms with Crippen LogP contribution < -0.4 is 5.32 Å². The van der Waals surface area contributed by atoms with Crippen LogP contribution in [0.5, 0.6) is 0 Å². The number of rotatable bonds is 6. The molecule has 0 aliphatic heterocycles. The van der Waals surface area contributed by atoms with Crippen molar-refractivity contribution in [2.45, 2.75) is 80.1 Å². The van der Waals surface area contributed by atoms with E-state index in [2.05, 4.69) is 52.9 Å². The second kappa shape index (κ2) is 8.36. The minimum absolute atomic E-state index is 0.0212. The molecule has 0 spiro atoms. The van der Waals surface area contributed by atoms with Crippen LogP contribution in [0.2, 0.25) is 0 Å². The lowest BCUT2D eigenvalue weighted by molar-refractivity contribution is -0.132. The Labute approximate surface area is 181 Å². The first-order valence-electron chi connectivity index (χ1n) is 11.6. The van der Waals surface area contributed by atoms with E-state index in [0.717, 1.165) is 32.1 Å². The summed E-state index contributed by atoms with van der Waals surface area (Å²) in [5.74, 6) is 0.298. The fourth-order valence-corrected chi connectivity index (χ4v) is 6.07. The molecule has 30 heavy (non-hydrogen) atoms. The molecule has 0 bridgehead atoms. The van der Waals surface area contributed by atoms with Crippen LogP contribution in [0.15, 0.2) is 34.8 Å². The standard InChI is InChI=1S/C26H39NO3/c1-16(2)11-13-27-20-14-21(28)24(30)19(23(20)29)15-26(6)18(4)10-12-25(5)17(3)8-7-9-22(25)26/h8,14,16,18,22,27,29H,7,9-13,15H2,1-6H3/t18-,22+,25+,26+/m0/s1. The van der Waals surface area contributed by atoms with Gasteiger partial charge in [0.15, 0.2) is 0 Å². The Balaban J connectivity index is 1.93. The number of hydrogen-bond donors (Lipinski definition) is 2. The van der Waals surface area contributed by atoms with Crippen molar-refractivity contribution >= 4 is 11.6 Å². The maximum absolute atomic E-state index is 12.8. The average molecular weight is 414 g/mol. The van der Waals surface area contributed by atoms with E-state index in [-0.39, 0.29) is 16.6 Å². The third kappa shape index (κ3) is 3.90. The van der Waals surface area contributed by atoms with Crippen LogP contribution in [-0.4, -0.2) is 23.2 Å². The van der Waals surface area contributed by atoms with E-state index in [0.29, 0.717) is 42.0 Å². The molecule has 4 heteroatoms. The summed E-state index contributed by atoms with van der Waals surface area (Å²) in [6, 6.07) is 0. The van der Waals surface area contributed by atoms with Crippen molar-refractivity contribution in [3.8, 4) is 0 Å². The molecule has 0 aromatic carbocycles. The predicted octanol–water partition coefficient (Wildman–Crippen LogP) is 5.66. The topological polar surface area (TPSA) is 66.4 Å². The van der Waals surface area contributed by atoms with Gasteiger partial charge >= 0.3 is 0 Å². The molecule has 0 radical (unpaired) electrons. The fraction of sp³-hybridized carbons (Fsp3) is 0.692. The first kappa shape index (κ1) is 22.8. The summed E-state index contributed by atoms with van der Waals surface area (Å²) >= 11 is 0. The van der Waals surface area contributed by atoms with Gasteiger partial charge in [0.25, 0.3) is 0 Å². The number of carbonyl (C=O) groups excluding carboxylic acids is 2. The monoisotopic (exact) mass is 413 g/mol. The van der Waals surface area contributed by atoms with Gasteiger partial charge in [0.05, 0.1) is 5.70 Å². The van der Waals surface area contributed by atoms with E-state index in [1.165, 1.54) is 11.6 Å². The molecule has 4 atom stereocenters. The van der Waals surface area contributed by atoms with Crippen LogP contribution >= 0.6 is 0 Å². The van der Waals surface area contributed by atoms with Gasteiger partial charge in [0.2, 0.25) is 11.6 Å². The first-order chi connectivity index (χ1) is 14.0. The van der Waals surface area contributed by atoms with Crippen LogP contribution in [0, 0.1) is 28.6 Å². The maximum atomic E-state index is 12.8. The van der Waals surface area contributed by atoms with Gasteiger partial charge in [-0.25, -0.2) is 0 Å². The lowest BCUT2D eigenvalue weighted by Gasteiger charge is -2.58. The van der Waals surface area contributed by atoms with Gasteiger partial charge in [-0.15, -0.1) is 0 Å². The largest absolute Gasteiger partial charge is 0.505 e. The number of aliphatic hydroxyl groups excluding tert-OH is 1. The second-order valence-corrected chi connectivity index (χ2v) is 10.7. The molecule has 1 saturated carbocycles. The summed E-state index contributed by atoms with van der Waals surface area (Å²) in [6.45, 7) is 14.1. The van der Waals surface area contributed by atoms with Gasteiger partial charge in [-0.05, 0) is 74.0 Å². The zero-order chi connectivity index (χ0) is 22.3. The van der Waals surface area contributed by atoms with Crippen molar-refractivity contribution in [2.24, 2.45) is 28.6 Å². The highest BCUT2D eigenvalue weighted by molar-refractivity contribution is 6.48. The second-order valence-electron chi connectivity index (χ2n) is 10.7. The van der Waals surface area contributed by atoms with E-state index >= 15 is 0 Å². The van der Waals surface area contributed by atoms with E-state index in [1.54, 1.807) is 0 Å². The zero-order valence-corrected chi connectivity index (χ0v) is 19.6. The highest BCUT2D eigenvalue weighted by Crippen LogP contribution is 2.62. The van der Waals surface area contributed by atoms with Gasteiger partial charge in [-0.3, -0.25) is 9.59 Å². The van der Waals surface area contributed by atoms with Gasteiger partial charge in [-0.1, -0.05) is 46.3 Å². The first-order valence-corrected chi connectivity index (χ1v) is 11.6. The van der Waals surface area contributed by atoms with Crippen LogP contribution in [0.3, 0.4) is 0 Å². The Morgan fingerprint density at radius 1 is 1.23 bits per heavy atom. The smallest absolute Gasteiger partial charge is 0.232 e. The zero-order valence-electron chi connectivity index (χ0n) is 19.6. The lowest BCUT2D eigenvalue weighted by Crippen LogP contribution is -2.50. The molecule has 0 unspecified atom stereocenters. The van der Waals surface area contributed by atoms with Gasteiger partial charge in [0.1, 0.15) is 5.76 Å². The highest BCUT2D eigenvalue weighted by atomic mass is 16.3. The minimum Gasteiger partial charge on any atom is -0.505 e. The molecule has 3 aliphatic rings. The normalized spacial score (nSPS) is 34.6. The third-order valence-electron chi connectivity index (χ3n) is 8.50. The molecule has 0 saturated heterocycles. The quantitative estimate of drug-likeness (QED) is 0.335. The number of allylic oxidation sites excluding steroid dienone is 4. The van der Waals surface area contributed by atoms with Crippen LogP contribution in [0.25, 0.3) is 0 Å². The van der Waals surface area contributed by atoms with E-state index in [9.17, 15) is 14.7 Å². The number of Topliss-reactive ketones (excluding diaryl/α,β-unsaturated/α-hetero) is 1. The van der Waals surface area contributed by atoms with E-state index < -0.39 is 11.6 Å². The summed E-state index contributed by atoms with van der Waals surface area (Å²) < 4.78 is 0. The molecule has 4 nitrogen and oxygen atoms in total.